The minimum atomic E-state index is -1.52. The molecule has 4 N–H and O–H groups in total. The molecule has 0 aliphatic carbocycles. The molecule has 1 aromatic carbocycles. The van der Waals surface area contributed by atoms with E-state index in [1.54, 1.807) is 12.1 Å². The SMILES string of the molecule is C=C=CC(N)(Cc1ccc(O)cc1)C(=O)O. The van der Waals surface area contributed by atoms with Crippen molar-refractivity contribution in [3.8, 4) is 5.75 Å². The molecule has 1 unspecified atom stereocenters. The number of hydrogen-bond acceptors (Lipinski definition) is 3. The molecule has 0 fully saturated rings. The predicted molar refractivity (Wildman–Crippen MR) is 60.1 cm³/mol. The Morgan fingerprint density at radius 1 is 1.50 bits per heavy atom. The number of carboxylic acid groups (broad SMARTS) is 1. The number of carbonyl (C=O) groups is 1. The second-order valence-corrected chi connectivity index (χ2v) is 3.54. The maximum atomic E-state index is 11.0. The number of phenolic OH excluding ortho intramolecular Hbond substituents is 1. The number of phenols is 1. The van der Waals surface area contributed by atoms with E-state index in [0.29, 0.717) is 5.56 Å². The zero-order valence-electron chi connectivity index (χ0n) is 8.68. The van der Waals surface area contributed by atoms with Crippen molar-refractivity contribution in [3.63, 3.8) is 0 Å². The quantitative estimate of drug-likeness (QED) is 0.661. The first-order chi connectivity index (χ1) is 7.48. The van der Waals surface area contributed by atoms with Crippen molar-refractivity contribution in [1.29, 1.82) is 0 Å². The van der Waals surface area contributed by atoms with Crippen LogP contribution in [0.15, 0.2) is 42.7 Å². The highest BCUT2D eigenvalue weighted by atomic mass is 16.4. The summed E-state index contributed by atoms with van der Waals surface area (Å²) in [5.74, 6) is -1.02. The zero-order valence-corrected chi connectivity index (χ0v) is 8.68. The third-order valence-corrected chi connectivity index (χ3v) is 2.19. The Morgan fingerprint density at radius 2 is 2.06 bits per heavy atom. The summed E-state index contributed by atoms with van der Waals surface area (Å²) >= 11 is 0. The Kier molecular flexibility index (Phi) is 3.51. The average molecular weight is 219 g/mol. The Bertz CT molecular complexity index is 428. The summed E-state index contributed by atoms with van der Waals surface area (Å²) in [6, 6.07) is 6.21. The molecular weight excluding hydrogens is 206 g/mol. The molecule has 0 spiro atoms. The lowest BCUT2D eigenvalue weighted by Gasteiger charge is -2.19. The molecular formula is C12H13NO3. The van der Waals surface area contributed by atoms with Crippen LogP contribution in [0.3, 0.4) is 0 Å². The second kappa shape index (κ2) is 4.66. The fourth-order valence-corrected chi connectivity index (χ4v) is 1.32. The number of benzene rings is 1. The van der Waals surface area contributed by atoms with Gasteiger partial charge in [0.2, 0.25) is 0 Å². The lowest BCUT2D eigenvalue weighted by Crippen LogP contribution is -2.47. The highest BCUT2D eigenvalue weighted by Gasteiger charge is 2.31. The van der Waals surface area contributed by atoms with E-state index in [4.69, 9.17) is 15.9 Å². The third kappa shape index (κ3) is 2.73. The van der Waals surface area contributed by atoms with E-state index in [9.17, 15) is 4.79 Å². The zero-order chi connectivity index (χ0) is 12.2. The van der Waals surface area contributed by atoms with Gasteiger partial charge in [-0.25, -0.2) is 4.79 Å². The summed E-state index contributed by atoms with van der Waals surface area (Å²) in [6.45, 7) is 3.32. The van der Waals surface area contributed by atoms with Gasteiger partial charge in [0.05, 0.1) is 0 Å². The van der Waals surface area contributed by atoms with Crippen molar-refractivity contribution in [2.24, 2.45) is 5.73 Å². The van der Waals surface area contributed by atoms with Crippen LogP contribution in [0.4, 0.5) is 0 Å². The largest absolute Gasteiger partial charge is 0.508 e. The third-order valence-electron chi connectivity index (χ3n) is 2.19. The number of aliphatic carboxylic acids is 1. The summed E-state index contributed by atoms with van der Waals surface area (Å²) in [4.78, 5) is 11.0. The van der Waals surface area contributed by atoms with Crippen LogP contribution in [0.2, 0.25) is 0 Å². The maximum Gasteiger partial charge on any atom is 0.328 e. The van der Waals surface area contributed by atoms with Gasteiger partial charge in [-0.2, -0.15) is 0 Å². The molecule has 0 aliphatic rings. The van der Waals surface area contributed by atoms with E-state index >= 15 is 0 Å². The highest BCUT2D eigenvalue weighted by molar-refractivity contribution is 5.81. The molecule has 1 atom stereocenters. The van der Waals surface area contributed by atoms with Gasteiger partial charge in [0, 0.05) is 6.42 Å². The predicted octanol–water partition coefficient (Wildman–Crippen LogP) is 1.06. The summed E-state index contributed by atoms with van der Waals surface area (Å²) < 4.78 is 0. The molecule has 4 heteroatoms. The van der Waals surface area contributed by atoms with Gasteiger partial charge in [-0.1, -0.05) is 18.7 Å². The lowest BCUT2D eigenvalue weighted by atomic mass is 9.92. The monoisotopic (exact) mass is 219 g/mol. The fraction of sp³-hybridized carbons (Fsp3) is 0.167. The van der Waals surface area contributed by atoms with Crippen molar-refractivity contribution >= 4 is 5.97 Å². The van der Waals surface area contributed by atoms with Gasteiger partial charge < -0.3 is 15.9 Å². The first kappa shape index (κ1) is 12.0. The van der Waals surface area contributed by atoms with E-state index in [-0.39, 0.29) is 12.2 Å². The highest BCUT2D eigenvalue weighted by Crippen LogP contribution is 2.16. The van der Waals surface area contributed by atoms with E-state index in [1.807, 2.05) is 0 Å². The Labute approximate surface area is 93.3 Å². The molecule has 4 nitrogen and oxygen atoms in total. The Morgan fingerprint density at radius 3 is 2.50 bits per heavy atom. The Balaban J connectivity index is 2.96. The molecule has 0 amide bonds. The molecule has 16 heavy (non-hydrogen) atoms. The normalized spacial score (nSPS) is 13.6. The Hall–Kier alpha value is -2.03. The van der Waals surface area contributed by atoms with Crippen LogP contribution in [-0.2, 0) is 11.2 Å². The minimum Gasteiger partial charge on any atom is -0.508 e. The molecule has 84 valence electrons. The van der Waals surface area contributed by atoms with Gasteiger partial charge in [-0.3, -0.25) is 0 Å². The van der Waals surface area contributed by atoms with E-state index in [0.717, 1.165) is 0 Å². The van der Waals surface area contributed by atoms with Gasteiger partial charge in [0.15, 0.2) is 0 Å². The second-order valence-electron chi connectivity index (χ2n) is 3.54. The number of aromatic hydroxyl groups is 1. The van der Waals surface area contributed by atoms with E-state index in [1.165, 1.54) is 18.2 Å². The molecule has 1 aromatic rings. The maximum absolute atomic E-state index is 11.0. The molecule has 0 aliphatic heterocycles. The number of rotatable bonds is 4. The first-order valence-corrected chi connectivity index (χ1v) is 4.65. The van der Waals surface area contributed by atoms with E-state index in [2.05, 4.69) is 12.3 Å². The number of carboxylic acids is 1. The summed E-state index contributed by atoms with van der Waals surface area (Å²) in [5, 5.41) is 18.1. The van der Waals surface area contributed by atoms with Crippen LogP contribution in [0.5, 0.6) is 5.75 Å². The lowest BCUT2D eigenvalue weighted by molar-refractivity contribution is -0.141. The molecule has 1 rings (SSSR count). The van der Waals surface area contributed by atoms with Gasteiger partial charge in [0.1, 0.15) is 11.3 Å². The van der Waals surface area contributed by atoms with Crippen LogP contribution < -0.4 is 5.73 Å². The smallest absolute Gasteiger partial charge is 0.328 e. The molecule has 0 saturated heterocycles. The number of hydrogen-bond donors (Lipinski definition) is 3. The van der Waals surface area contributed by atoms with Crippen molar-refractivity contribution in [2.75, 3.05) is 0 Å². The van der Waals surface area contributed by atoms with Crippen molar-refractivity contribution in [1.82, 2.24) is 0 Å². The fourth-order valence-electron chi connectivity index (χ4n) is 1.32. The minimum absolute atomic E-state index is 0.116. The van der Waals surface area contributed by atoms with Crippen molar-refractivity contribution in [3.05, 3.63) is 48.2 Å². The molecule has 0 bridgehead atoms. The van der Waals surface area contributed by atoms with Crippen LogP contribution in [0.1, 0.15) is 5.56 Å². The average Bonchev–Trinajstić information content (AvgIpc) is 2.22. The van der Waals surface area contributed by atoms with Crippen molar-refractivity contribution in [2.45, 2.75) is 12.0 Å². The van der Waals surface area contributed by atoms with Gasteiger partial charge in [0.25, 0.3) is 0 Å². The van der Waals surface area contributed by atoms with Gasteiger partial charge >= 0.3 is 5.97 Å². The molecule has 0 saturated carbocycles. The van der Waals surface area contributed by atoms with Crippen molar-refractivity contribution < 1.29 is 15.0 Å². The first-order valence-electron chi connectivity index (χ1n) is 4.65. The van der Waals surface area contributed by atoms with E-state index < -0.39 is 11.5 Å². The van der Waals surface area contributed by atoms with Gasteiger partial charge in [-0.15, -0.1) is 5.73 Å². The topological polar surface area (TPSA) is 83.5 Å². The molecule has 0 radical (unpaired) electrons. The number of nitrogens with two attached hydrogens (primary N) is 1. The van der Waals surface area contributed by atoms with Crippen LogP contribution in [0.25, 0.3) is 0 Å². The van der Waals surface area contributed by atoms with Crippen LogP contribution >= 0.6 is 0 Å². The standard InChI is InChI=1S/C12H13NO3/c1-2-7-12(13,11(15)16)8-9-3-5-10(14)6-4-9/h3-7,14H,1,8,13H2,(H,15,16). The van der Waals surface area contributed by atoms with Gasteiger partial charge in [-0.05, 0) is 23.8 Å². The summed E-state index contributed by atoms with van der Waals surface area (Å²) in [5.41, 5.74) is 7.29. The van der Waals surface area contributed by atoms with Crippen LogP contribution in [-0.4, -0.2) is 21.7 Å². The summed E-state index contributed by atoms with van der Waals surface area (Å²) in [7, 11) is 0. The molecule has 0 aromatic heterocycles. The summed E-state index contributed by atoms with van der Waals surface area (Å²) in [6.07, 6.45) is 1.34. The van der Waals surface area contributed by atoms with Crippen LogP contribution in [0, 0.1) is 0 Å². The molecule has 0 heterocycles.